The first-order valence-corrected chi connectivity index (χ1v) is 33.5. The standard InChI is InChI=1S/C77H54O45/c1-23-2-24(3-34(78)54(23)92)68(103)113-52-21-33(16-47(91)63(52)101)76(111)122-77-66(121-75(110)32-15-46(90)62(100)51(20-32)117-72(107)28-10-41(85)58(96)42(86)11-28)65(120-74(109)31-14-45(89)61(99)50(19-31)116-71(106)27-8-39(83)57(95)40(84)9-27)64(119-73(108)30-13-44(88)60(98)49(18-30)115-70(105)26-6-37(81)56(94)38(82)7-26)53(118-77)22-112-67(102)29-12-43(87)59(97)48(17-29)114-69(104)25-4-35(79)55(93)36(80)5-25/h2-21,53,64-66,77-101H,22H2,1H3. The molecule has 5 atom stereocenters. The molecule has 1 heterocycles. The molecule has 1 aliphatic heterocycles. The zero-order valence-corrected chi connectivity index (χ0v) is 60.4. The van der Waals surface area contributed by atoms with Gasteiger partial charge in [0.05, 0.1) is 55.6 Å². The van der Waals surface area contributed by atoms with Crippen LogP contribution >= 0.6 is 0 Å². The predicted molar refractivity (Wildman–Crippen MR) is 386 cm³/mol. The van der Waals surface area contributed by atoms with Crippen molar-refractivity contribution in [2.24, 2.45) is 0 Å². The van der Waals surface area contributed by atoms with Crippen molar-refractivity contribution in [2.45, 2.75) is 37.6 Å². The Morgan fingerprint density at radius 3 is 0.680 bits per heavy atom. The Balaban J connectivity index is 1.09. The molecule has 11 rings (SSSR count). The van der Waals surface area contributed by atoms with Crippen LogP contribution in [0.1, 0.15) is 109 Å². The monoisotopic (exact) mass is 1700 g/mol. The molecular weight excluding hydrogens is 1640 g/mol. The number of aryl methyl sites for hydroxylation is 1. The molecule has 1 aliphatic rings. The number of rotatable bonds is 21. The van der Waals surface area contributed by atoms with Crippen molar-refractivity contribution in [1.82, 2.24) is 0 Å². The maximum absolute atomic E-state index is 15.3. The van der Waals surface area contributed by atoms with Crippen molar-refractivity contribution in [3.8, 4) is 167 Å². The largest absolute Gasteiger partial charge is 0.504 e. The van der Waals surface area contributed by atoms with Gasteiger partial charge in [-0.3, -0.25) is 0 Å². The van der Waals surface area contributed by atoms with Gasteiger partial charge in [0.15, 0.2) is 150 Å². The molecule has 0 aliphatic carbocycles. The molecule has 5 unspecified atom stereocenters. The molecule has 0 aromatic heterocycles. The molecule has 45 heteroatoms. The lowest BCUT2D eigenvalue weighted by atomic mass is 9.97. The van der Waals surface area contributed by atoms with Gasteiger partial charge in [-0.2, -0.15) is 0 Å². The van der Waals surface area contributed by atoms with Crippen LogP contribution in [-0.2, 0) is 28.4 Å². The highest BCUT2D eigenvalue weighted by atomic mass is 16.8. The lowest BCUT2D eigenvalue weighted by Gasteiger charge is -2.43. The van der Waals surface area contributed by atoms with Crippen LogP contribution in [-0.4, -0.2) is 220 Å². The summed E-state index contributed by atoms with van der Waals surface area (Å²) >= 11 is 0. The Morgan fingerprint density at radius 2 is 0.426 bits per heavy atom. The Hall–Kier alpha value is -17.9. The van der Waals surface area contributed by atoms with Crippen LogP contribution in [0, 0.1) is 6.92 Å². The van der Waals surface area contributed by atoms with E-state index < -0.39 is 319 Å². The minimum Gasteiger partial charge on any atom is -0.504 e. The molecule has 0 spiro atoms. The maximum Gasteiger partial charge on any atom is 0.343 e. The van der Waals surface area contributed by atoms with E-state index >= 15 is 19.2 Å². The Bertz CT molecular complexity index is 5970. The fraction of sp³-hybridized carbons (Fsp3) is 0.0909. The second kappa shape index (κ2) is 33.5. The molecule has 45 nitrogen and oxygen atoms in total. The van der Waals surface area contributed by atoms with Gasteiger partial charge in [-0.25, -0.2) is 47.9 Å². The van der Waals surface area contributed by atoms with Gasteiger partial charge in [-0.1, -0.05) is 0 Å². The number of carbonyl (C=O) groups is 10. The van der Waals surface area contributed by atoms with Gasteiger partial charge in [0, 0.05) is 0 Å². The first-order chi connectivity index (χ1) is 57.4. The van der Waals surface area contributed by atoms with Crippen LogP contribution in [0.4, 0.5) is 0 Å². The first-order valence-electron chi connectivity index (χ1n) is 33.5. The molecule has 10 aromatic carbocycles. The SMILES string of the molecule is Cc1cc(C(=O)Oc2cc(C(=O)OC3OC(COC(=O)c4cc(O)c(O)c(OC(=O)c5cc(O)c(O)c(O)c5)c4)C(OC(=O)c4cc(O)c(O)c(OC(=O)c5cc(O)c(O)c(O)c5)c4)C(OC(=O)c4cc(O)c(O)c(OC(=O)c5cc(O)c(O)c(O)c5)c4)C3OC(=O)c3cc(O)c(O)c(OC(=O)c4cc(O)c(O)c(O)c4)c3)cc(O)c2O)cc(O)c1O. The molecule has 24 N–H and O–H groups in total. The molecular formula is C77H54O45. The summed E-state index contributed by atoms with van der Waals surface area (Å²) in [6.45, 7) is -0.478. The van der Waals surface area contributed by atoms with E-state index in [0.29, 0.717) is 115 Å². The van der Waals surface area contributed by atoms with Crippen molar-refractivity contribution in [1.29, 1.82) is 0 Å². The van der Waals surface area contributed by atoms with E-state index in [4.69, 9.17) is 52.1 Å². The topological polar surface area (TPSA) is 758 Å². The van der Waals surface area contributed by atoms with Crippen molar-refractivity contribution in [3.63, 3.8) is 0 Å². The summed E-state index contributed by atoms with van der Waals surface area (Å²) in [6.07, 6.45) is -14.9. The molecule has 0 bridgehead atoms. The summed E-state index contributed by atoms with van der Waals surface area (Å²) in [5.41, 5.74) is -9.64. The lowest BCUT2D eigenvalue weighted by molar-refractivity contribution is -0.282. The van der Waals surface area contributed by atoms with Crippen LogP contribution in [0.25, 0.3) is 0 Å². The zero-order chi connectivity index (χ0) is 89.4. The number of ether oxygens (including phenoxy) is 11. The van der Waals surface area contributed by atoms with Crippen molar-refractivity contribution in [2.75, 3.05) is 6.61 Å². The number of esters is 10. The third-order valence-corrected chi connectivity index (χ3v) is 17.1. The minimum atomic E-state index is -3.09. The van der Waals surface area contributed by atoms with Gasteiger partial charge in [0.25, 0.3) is 0 Å². The van der Waals surface area contributed by atoms with Gasteiger partial charge in [0.2, 0.25) is 41.1 Å². The Kier molecular flexibility index (Phi) is 23.3. The quantitative estimate of drug-likeness (QED) is 0.0184. The van der Waals surface area contributed by atoms with E-state index in [1.54, 1.807) is 0 Å². The lowest BCUT2D eigenvalue weighted by Crippen LogP contribution is -2.63. The summed E-state index contributed by atoms with van der Waals surface area (Å²) in [4.78, 5) is 143. The predicted octanol–water partition coefficient (Wildman–Crippen LogP) is 5.44. The molecule has 1 saturated heterocycles. The smallest absolute Gasteiger partial charge is 0.343 e. The van der Waals surface area contributed by atoms with Crippen molar-refractivity contribution in [3.05, 3.63) is 183 Å². The third-order valence-electron chi connectivity index (χ3n) is 17.1. The molecule has 0 amide bonds. The average Bonchev–Trinajstić information content (AvgIpc) is 0.759. The van der Waals surface area contributed by atoms with E-state index in [9.17, 15) is 151 Å². The number of carbonyl (C=O) groups excluding carboxylic acids is 10. The van der Waals surface area contributed by atoms with Gasteiger partial charge >= 0.3 is 59.7 Å². The Morgan fingerprint density at radius 1 is 0.230 bits per heavy atom. The van der Waals surface area contributed by atoms with Crippen LogP contribution < -0.4 is 23.7 Å². The maximum atomic E-state index is 15.3. The average molecular weight is 1700 g/mol. The summed E-state index contributed by atoms with van der Waals surface area (Å²) in [6, 6.07) is 9.42. The summed E-state index contributed by atoms with van der Waals surface area (Å²) in [5.74, 6) is -53.4. The summed E-state index contributed by atoms with van der Waals surface area (Å²) in [7, 11) is 0. The molecule has 0 radical (unpaired) electrons. The van der Waals surface area contributed by atoms with E-state index in [0.717, 1.165) is 6.07 Å². The van der Waals surface area contributed by atoms with Crippen molar-refractivity contribution >= 4 is 59.7 Å². The van der Waals surface area contributed by atoms with E-state index in [1.165, 1.54) is 6.92 Å². The van der Waals surface area contributed by atoms with Gasteiger partial charge in [0.1, 0.15) is 12.7 Å². The number of benzene rings is 10. The first kappa shape index (κ1) is 85.0. The highest BCUT2D eigenvalue weighted by molar-refractivity contribution is 6.00. The van der Waals surface area contributed by atoms with E-state index in [1.807, 2.05) is 0 Å². The van der Waals surface area contributed by atoms with Crippen LogP contribution in [0.15, 0.2) is 121 Å². The van der Waals surface area contributed by atoms with Gasteiger partial charge in [-0.15, -0.1) is 0 Å². The van der Waals surface area contributed by atoms with Crippen LogP contribution in [0.5, 0.6) is 167 Å². The second-order valence-corrected chi connectivity index (χ2v) is 25.4. The zero-order valence-electron chi connectivity index (χ0n) is 60.4. The van der Waals surface area contributed by atoms with Gasteiger partial charge < -0.3 is 175 Å². The number of hydrogen-bond donors (Lipinski definition) is 24. The third kappa shape index (κ3) is 17.6. The van der Waals surface area contributed by atoms with Crippen LogP contribution in [0.2, 0.25) is 0 Å². The highest BCUT2D eigenvalue weighted by Gasteiger charge is 2.55. The molecule has 632 valence electrons. The molecule has 122 heavy (non-hydrogen) atoms. The number of aromatic hydroxyl groups is 24. The molecule has 0 saturated carbocycles. The van der Waals surface area contributed by atoms with E-state index in [2.05, 4.69) is 0 Å². The minimum absolute atomic E-state index is 0.140. The van der Waals surface area contributed by atoms with E-state index in [-0.39, 0.29) is 5.56 Å². The second-order valence-electron chi connectivity index (χ2n) is 25.4. The van der Waals surface area contributed by atoms with Crippen molar-refractivity contribution < 1.29 is 223 Å². The molecule has 10 aromatic rings. The highest BCUT2D eigenvalue weighted by Crippen LogP contribution is 2.47. The Labute approximate surface area is 673 Å². The van der Waals surface area contributed by atoms with Gasteiger partial charge in [-0.05, 0) is 134 Å². The fourth-order valence-corrected chi connectivity index (χ4v) is 11.0. The number of hydrogen-bond acceptors (Lipinski definition) is 45. The van der Waals surface area contributed by atoms with Crippen LogP contribution in [0.3, 0.4) is 0 Å². The fourth-order valence-electron chi connectivity index (χ4n) is 11.0. The normalized spacial score (nSPS) is 14.6. The number of phenolic OH excluding ortho intramolecular Hbond substituents is 24. The molecule has 1 fully saturated rings. The number of phenols is 24. The summed E-state index contributed by atoms with van der Waals surface area (Å²) < 4.78 is 60.7. The summed E-state index contributed by atoms with van der Waals surface area (Å²) in [5, 5.41) is 252.